The molecule has 38 heavy (non-hydrogen) atoms. The normalized spacial score (nSPS) is 10.9. The topological polar surface area (TPSA) is 37.4 Å². The first-order valence-corrected chi connectivity index (χ1v) is 12.8. The van der Waals surface area contributed by atoms with Gasteiger partial charge in [-0.3, -0.25) is 9.59 Å². The molecular formula is C35H29NO2. The van der Waals surface area contributed by atoms with E-state index in [9.17, 15) is 9.59 Å². The highest BCUT2D eigenvalue weighted by Crippen LogP contribution is 2.34. The summed E-state index contributed by atoms with van der Waals surface area (Å²) in [5.41, 5.74) is 4.96. The van der Waals surface area contributed by atoms with Crippen molar-refractivity contribution in [2.24, 2.45) is 0 Å². The Morgan fingerprint density at radius 2 is 0.737 bits per heavy atom. The van der Waals surface area contributed by atoms with E-state index in [1.807, 2.05) is 153 Å². The Kier molecular flexibility index (Phi) is 7.56. The van der Waals surface area contributed by atoms with Gasteiger partial charge in [0.05, 0.1) is 17.5 Å². The van der Waals surface area contributed by atoms with Crippen molar-refractivity contribution < 1.29 is 9.59 Å². The van der Waals surface area contributed by atoms with Gasteiger partial charge in [0, 0.05) is 0 Å². The molecule has 0 spiro atoms. The Hall–Kier alpha value is -4.76. The van der Waals surface area contributed by atoms with E-state index < -0.39 is 11.8 Å². The zero-order chi connectivity index (χ0) is 26.3. The fourth-order valence-corrected chi connectivity index (χ4v) is 4.85. The van der Waals surface area contributed by atoms with Crippen molar-refractivity contribution in [3.63, 3.8) is 0 Å². The molecule has 5 aromatic carbocycles. The van der Waals surface area contributed by atoms with Crippen LogP contribution < -0.4 is 4.90 Å². The van der Waals surface area contributed by atoms with Crippen LogP contribution in [-0.4, -0.2) is 11.8 Å². The van der Waals surface area contributed by atoms with E-state index in [4.69, 9.17) is 0 Å². The van der Waals surface area contributed by atoms with Gasteiger partial charge in [-0.05, 0) is 41.3 Å². The first-order valence-electron chi connectivity index (χ1n) is 12.8. The quantitative estimate of drug-likeness (QED) is 0.234. The average molecular weight is 496 g/mol. The van der Waals surface area contributed by atoms with Gasteiger partial charge in [-0.1, -0.05) is 139 Å². The van der Waals surface area contributed by atoms with Crippen LogP contribution in [0.5, 0.6) is 0 Å². The Morgan fingerprint density at radius 3 is 1.03 bits per heavy atom. The number of anilines is 1. The van der Waals surface area contributed by atoms with Crippen molar-refractivity contribution in [1.82, 2.24) is 0 Å². The summed E-state index contributed by atoms with van der Waals surface area (Å²) >= 11 is 0. The highest BCUT2D eigenvalue weighted by Gasteiger charge is 2.37. The molecule has 0 radical (unpaired) electrons. The molecular weight excluding hydrogens is 466 g/mol. The Morgan fingerprint density at radius 1 is 0.447 bits per heavy atom. The summed E-state index contributed by atoms with van der Waals surface area (Å²) in [5, 5.41) is 0. The molecule has 0 unspecified atom stereocenters. The molecule has 0 fully saturated rings. The molecule has 0 aliphatic carbocycles. The predicted molar refractivity (Wildman–Crippen MR) is 153 cm³/mol. The molecule has 2 amide bonds. The first kappa shape index (κ1) is 24.9. The molecule has 0 saturated carbocycles. The number of hydrogen-bond donors (Lipinski definition) is 0. The van der Waals surface area contributed by atoms with Crippen LogP contribution in [0.1, 0.15) is 39.7 Å². The number of imide groups is 1. The number of amides is 2. The third kappa shape index (κ3) is 5.33. The summed E-state index contributed by atoms with van der Waals surface area (Å²) < 4.78 is 0. The van der Waals surface area contributed by atoms with E-state index in [2.05, 4.69) is 0 Å². The summed E-state index contributed by atoms with van der Waals surface area (Å²) in [5.74, 6) is -1.86. The average Bonchev–Trinajstić information content (AvgIpc) is 2.97. The Labute approximate surface area is 224 Å². The molecule has 186 valence electrons. The van der Waals surface area contributed by atoms with Gasteiger partial charge in [0.15, 0.2) is 0 Å². The van der Waals surface area contributed by atoms with Crippen molar-refractivity contribution in [2.45, 2.75) is 18.8 Å². The van der Waals surface area contributed by atoms with Gasteiger partial charge in [0.25, 0.3) is 0 Å². The maximum Gasteiger partial charge on any atom is 0.245 e. The molecule has 0 bridgehead atoms. The number of rotatable bonds is 7. The molecule has 0 aliphatic heterocycles. The minimum Gasteiger partial charge on any atom is -0.273 e. The molecule has 3 heteroatoms. The van der Waals surface area contributed by atoms with Crippen molar-refractivity contribution in [2.75, 3.05) is 4.90 Å². The lowest BCUT2D eigenvalue weighted by molar-refractivity contribution is -0.127. The van der Waals surface area contributed by atoms with Gasteiger partial charge in [0.2, 0.25) is 11.8 Å². The third-order valence-corrected chi connectivity index (χ3v) is 6.76. The smallest absolute Gasteiger partial charge is 0.245 e. The monoisotopic (exact) mass is 495 g/mol. The molecule has 0 N–H and O–H groups in total. The van der Waals surface area contributed by atoms with Crippen molar-refractivity contribution >= 4 is 17.5 Å². The van der Waals surface area contributed by atoms with E-state index in [1.165, 1.54) is 4.90 Å². The zero-order valence-electron chi connectivity index (χ0n) is 21.3. The van der Waals surface area contributed by atoms with Crippen molar-refractivity contribution in [3.05, 3.63) is 173 Å². The van der Waals surface area contributed by atoms with E-state index in [1.54, 1.807) is 0 Å². The number of carbonyl (C=O) groups is 2. The second-order valence-corrected chi connectivity index (χ2v) is 9.36. The van der Waals surface area contributed by atoms with Crippen LogP contribution in [0.2, 0.25) is 0 Å². The molecule has 5 rings (SSSR count). The molecule has 0 heterocycles. The van der Waals surface area contributed by atoms with Crippen LogP contribution in [0.15, 0.2) is 146 Å². The third-order valence-electron chi connectivity index (χ3n) is 6.76. The summed E-state index contributed by atoms with van der Waals surface area (Å²) in [6.45, 7) is 1.99. The lowest BCUT2D eigenvalue weighted by Crippen LogP contribution is -2.43. The van der Waals surface area contributed by atoms with E-state index in [0.29, 0.717) is 5.69 Å². The van der Waals surface area contributed by atoms with Gasteiger partial charge in [-0.2, -0.15) is 0 Å². The summed E-state index contributed by atoms with van der Waals surface area (Å²) in [4.78, 5) is 30.7. The minimum atomic E-state index is -0.644. The molecule has 0 aromatic heterocycles. The Balaban J connectivity index is 1.68. The molecule has 5 aromatic rings. The van der Waals surface area contributed by atoms with Crippen LogP contribution in [0.4, 0.5) is 5.69 Å². The highest BCUT2D eigenvalue weighted by molar-refractivity contribution is 6.20. The maximum absolute atomic E-state index is 14.6. The molecule has 0 atom stereocenters. The zero-order valence-corrected chi connectivity index (χ0v) is 21.3. The van der Waals surface area contributed by atoms with Crippen LogP contribution in [0.25, 0.3) is 0 Å². The summed E-state index contributed by atoms with van der Waals surface area (Å²) in [6.07, 6.45) is 0. The Bertz CT molecular complexity index is 1310. The van der Waals surface area contributed by atoms with Crippen molar-refractivity contribution in [3.8, 4) is 0 Å². The van der Waals surface area contributed by atoms with Crippen LogP contribution in [0, 0.1) is 6.92 Å². The first-order chi connectivity index (χ1) is 18.6. The molecule has 3 nitrogen and oxygen atoms in total. The highest BCUT2D eigenvalue weighted by atomic mass is 16.2. The summed E-state index contributed by atoms with van der Waals surface area (Å²) in [7, 11) is 0. The number of hydrogen-bond acceptors (Lipinski definition) is 2. The molecule has 0 saturated heterocycles. The summed E-state index contributed by atoms with van der Waals surface area (Å²) in [6, 6.07) is 46.2. The fraction of sp³-hybridized carbons (Fsp3) is 0.0857. The van der Waals surface area contributed by atoms with E-state index in [-0.39, 0.29) is 11.8 Å². The predicted octanol–water partition coefficient (Wildman–Crippen LogP) is 7.52. The van der Waals surface area contributed by atoms with Crippen LogP contribution in [0.3, 0.4) is 0 Å². The second-order valence-electron chi connectivity index (χ2n) is 9.36. The maximum atomic E-state index is 14.6. The van der Waals surface area contributed by atoms with E-state index in [0.717, 1.165) is 27.8 Å². The standard InChI is InChI=1S/C35H29NO2/c1-26-22-24-31(25-23-26)36(34(37)32(27-14-6-2-7-15-27)28-16-8-3-9-17-28)35(38)33(29-18-10-4-11-19-29)30-20-12-5-13-21-30/h2-25,32-33H,1H3. The number of nitrogens with zero attached hydrogens (tertiary/aromatic N) is 1. The number of aryl methyl sites for hydroxylation is 1. The van der Waals surface area contributed by atoms with E-state index >= 15 is 0 Å². The van der Waals surface area contributed by atoms with Gasteiger partial charge >= 0.3 is 0 Å². The van der Waals surface area contributed by atoms with Gasteiger partial charge in [-0.25, -0.2) is 4.90 Å². The van der Waals surface area contributed by atoms with Gasteiger partial charge in [-0.15, -0.1) is 0 Å². The fourth-order valence-electron chi connectivity index (χ4n) is 4.85. The lowest BCUT2D eigenvalue weighted by atomic mass is 9.87. The van der Waals surface area contributed by atoms with Crippen molar-refractivity contribution in [1.29, 1.82) is 0 Å². The lowest BCUT2D eigenvalue weighted by Gasteiger charge is -2.30. The van der Waals surface area contributed by atoms with Crippen LogP contribution in [-0.2, 0) is 9.59 Å². The minimum absolute atomic E-state index is 0.284. The number of carbonyl (C=O) groups excluding carboxylic acids is 2. The SMILES string of the molecule is Cc1ccc(N(C(=O)C(c2ccccc2)c2ccccc2)C(=O)C(c2ccccc2)c2ccccc2)cc1. The van der Waals surface area contributed by atoms with Crippen LogP contribution >= 0.6 is 0 Å². The largest absolute Gasteiger partial charge is 0.273 e. The van der Waals surface area contributed by atoms with Gasteiger partial charge < -0.3 is 0 Å². The molecule has 0 aliphatic rings. The second kappa shape index (κ2) is 11.5. The van der Waals surface area contributed by atoms with Gasteiger partial charge in [0.1, 0.15) is 0 Å². The number of benzene rings is 5.